The molecule has 0 fully saturated rings. The molecule has 82 valence electrons. The molecule has 1 aromatic rings. The van der Waals surface area contributed by atoms with Crippen LogP contribution in [0.25, 0.3) is 0 Å². The highest BCUT2D eigenvalue weighted by atomic mass is 16.4. The highest BCUT2D eigenvalue weighted by Crippen LogP contribution is 2.02. The van der Waals surface area contributed by atoms with Gasteiger partial charge in [0.25, 0.3) is 5.91 Å². The standard InChI is InChI=1S/C11H10N2O3/c12-7-8-1-3-9(4-2-8)11(16)13-6-5-10(14)15/h1-4H,5-6H2,(H,13,16)(H,14,15). The van der Waals surface area contributed by atoms with Gasteiger partial charge < -0.3 is 10.4 Å². The number of amides is 1. The fourth-order valence-corrected chi connectivity index (χ4v) is 1.08. The zero-order valence-corrected chi connectivity index (χ0v) is 8.43. The Morgan fingerprint density at radius 3 is 2.44 bits per heavy atom. The fraction of sp³-hybridized carbons (Fsp3) is 0.182. The molecule has 0 atom stereocenters. The molecule has 0 saturated carbocycles. The number of carboxylic acid groups (broad SMARTS) is 1. The quantitative estimate of drug-likeness (QED) is 0.780. The minimum atomic E-state index is -0.958. The van der Waals surface area contributed by atoms with Crippen molar-refractivity contribution >= 4 is 11.9 Å². The van der Waals surface area contributed by atoms with Crippen molar-refractivity contribution in [3.05, 3.63) is 35.4 Å². The highest BCUT2D eigenvalue weighted by Gasteiger charge is 2.05. The molecule has 0 radical (unpaired) electrons. The number of aliphatic carboxylic acids is 1. The van der Waals surface area contributed by atoms with Gasteiger partial charge in [-0.1, -0.05) is 0 Å². The number of nitrogens with one attached hydrogen (secondary N) is 1. The van der Waals surface area contributed by atoms with Gasteiger partial charge in [0.15, 0.2) is 0 Å². The molecule has 2 N–H and O–H groups in total. The van der Waals surface area contributed by atoms with Crippen LogP contribution in [0.3, 0.4) is 0 Å². The van der Waals surface area contributed by atoms with Gasteiger partial charge in [-0.2, -0.15) is 5.26 Å². The molecule has 5 nitrogen and oxygen atoms in total. The smallest absolute Gasteiger partial charge is 0.305 e. The molecule has 0 bridgehead atoms. The first-order valence-electron chi connectivity index (χ1n) is 4.63. The minimum Gasteiger partial charge on any atom is -0.481 e. The van der Waals surface area contributed by atoms with Crippen LogP contribution in [-0.4, -0.2) is 23.5 Å². The number of carboxylic acids is 1. The van der Waals surface area contributed by atoms with E-state index in [1.54, 1.807) is 0 Å². The van der Waals surface area contributed by atoms with Gasteiger partial charge in [-0.25, -0.2) is 0 Å². The molecule has 0 saturated heterocycles. The zero-order chi connectivity index (χ0) is 12.0. The van der Waals surface area contributed by atoms with Crippen molar-refractivity contribution in [3.63, 3.8) is 0 Å². The lowest BCUT2D eigenvalue weighted by atomic mass is 10.1. The predicted molar refractivity (Wildman–Crippen MR) is 55.7 cm³/mol. The van der Waals surface area contributed by atoms with Gasteiger partial charge in [-0.3, -0.25) is 9.59 Å². The maximum Gasteiger partial charge on any atom is 0.305 e. The Morgan fingerprint density at radius 2 is 1.94 bits per heavy atom. The van der Waals surface area contributed by atoms with E-state index in [4.69, 9.17) is 10.4 Å². The summed E-state index contributed by atoms with van der Waals surface area (Å²) < 4.78 is 0. The predicted octanol–water partition coefficient (Wildman–Crippen LogP) is 0.763. The topological polar surface area (TPSA) is 90.2 Å². The lowest BCUT2D eigenvalue weighted by molar-refractivity contribution is -0.136. The van der Waals surface area contributed by atoms with E-state index in [1.165, 1.54) is 24.3 Å². The first-order valence-corrected chi connectivity index (χ1v) is 4.63. The number of nitrogens with zero attached hydrogens (tertiary/aromatic N) is 1. The molecular formula is C11H10N2O3. The Labute approximate surface area is 92.3 Å². The van der Waals surface area contributed by atoms with Gasteiger partial charge in [-0.05, 0) is 24.3 Å². The number of carbonyl (C=O) groups excluding carboxylic acids is 1. The van der Waals surface area contributed by atoms with Crippen molar-refractivity contribution in [3.8, 4) is 6.07 Å². The molecule has 0 aliphatic rings. The van der Waals surface area contributed by atoms with Crippen LogP contribution >= 0.6 is 0 Å². The van der Waals surface area contributed by atoms with Crippen LogP contribution in [0, 0.1) is 11.3 Å². The van der Waals surface area contributed by atoms with Gasteiger partial charge >= 0.3 is 5.97 Å². The van der Waals surface area contributed by atoms with E-state index in [0.29, 0.717) is 11.1 Å². The summed E-state index contributed by atoms with van der Waals surface area (Å²) in [5.41, 5.74) is 0.881. The van der Waals surface area contributed by atoms with E-state index in [-0.39, 0.29) is 18.9 Å². The summed E-state index contributed by atoms with van der Waals surface area (Å²) in [6.07, 6.45) is -0.109. The number of hydrogen-bond acceptors (Lipinski definition) is 3. The largest absolute Gasteiger partial charge is 0.481 e. The molecular weight excluding hydrogens is 208 g/mol. The van der Waals surface area contributed by atoms with Crippen molar-refractivity contribution in [2.75, 3.05) is 6.54 Å². The van der Waals surface area contributed by atoms with Crippen molar-refractivity contribution in [1.29, 1.82) is 5.26 Å². The van der Waals surface area contributed by atoms with Crippen LogP contribution in [0.1, 0.15) is 22.3 Å². The third-order valence-corrected chi connectivity index (χ3v) is 1.90. The summed E-state index contributed by atoms with van der Waals surface area (Å²) in [5, 5.41) is 19.4. The van der Waals surface area contributed by atoms with Gasteiger partial charge in [-0.15, -0.1) is 0 Å². The van der Waals surface area contributed by atoms with E-state index in [9.17, 15) is 9.59 Å². The van der Waals surface area contributed by atoms with E-state index >= 15 is 0 Å². The second-order valence-electron chi connectivity index (χ2n) is 3.09. The van der Waals surface area contributed by atoms with Crippen LogP contribution in [0.5, 0.6) is 0 Å². The fourth-order valence-electron chi connectivity index (χ4n) is 1.08. The molecule has 16 heavy (non-hydrogen) atoms. The lowest BCUT2D eigenvalue weighted by Gasteiger charge is -2.02. The van der Waals surface area contributed by atoms with Crippen molar-refractivity contribution < 1.29 is 14.7 Å². The van der Waals surface area contributed by atoms with E-state index in [1.807, 2.05) is 6.07 Å². The molecule has 0 spiro atoms. The van der Waals surface area contributed by atoms with Gasteiger partial charge in [0.2, 0.25) is 0 Å². The normalized spacial score (nSPS) is 9.19. The summed E-state index contributed by atoms with van der Waals surface area (Å²) in [5.74, 6) is -1.30. The second-order valence-corrected chi connectivity index (χ2v) is 3.09. The van der Waals surface area contributed by atoms with Crippen LogP contribution in [-0.2, 0) is 4.79 Å². The lowest BCUT2D eigenvalue weighted by Crippen LogP contribution is -2.25. The zero-order valence-electron chi connectivity index (χ0n) is 8.43. The maximum atomic E-state index is 11.4. The van der Waals surface area contributed by atoms with Gasteiger partial charge in [0.1, 0.15) is 0 Å². The van der Waals surface area contributed by atoms with Crippen LogP contribution < -0.4 is 5.32 Å². The van der Waals surface area contributed by atoms with E-state index in [2.05, 4.69) is 5.32 Å². The molecule has 0 aromatic heterocycles. The van der Waals surface area contributed by atoms with Crippen LogP contribution in [0.4, 0.5) is 0 Å². The molecule has 0 aliphatic heterocycles. The SMILES string of the molecule is N#Cc1ccc(C(=O)NCCC(=O)O)cc1. The molecule has 1 aromatic carbocycles. The van der Waals surface area contributed by atoms with Crippen LogP contribution in [0.2, 0.25) is 0 Å². The Morgan fingerprint density at radius 1 is 1.31 bits per heavy atom. The van der Waals surface area contributed by atoms with Gasteiger partial charge in [0.05, 0.1) is 18.1 Å². The Kier molecular flexibility index (Phi) is 4.04. The third kappa shape index (κ3) is 3.42. The van der Waals surface area contributed by atoms with E-state index in [0.717, 1.165) is 0 Å². The molecule has 1 rings (SSSR count). The summed E-state index contributed by atoms with van der Waals surface area (Å²) >= 11 is 0. The molecule has 1 amide bonds. The van der Waals surface area contributed by atoms with Crippen molar-refractivity contribution in [1.82, 2.24) is 5.32 Å². The van der Waals surface area contributed by atoms with Crippen molar-refractivity contribution in [2.24, 2.45) is 0 Å². The summed E-state index contributed by atoms with van der Waals surface area (Å²) in [4.78, 5) is 21.7. The molecule has 0 unspecified atom stereocenters. The Bertz CT molecular complexity index is 432. The molecule has 5 heteroatoms. The maximum absolute atomic E-state index is 11.4. The van der Waals surface area contributed by atoms with Crippen molar-refractivity contribution in [2.45, 2.75) is 6.42 Å². The number of rotatable bonds is 4. The minimum absolute atomic E-state index is 0.0914. The average molecular weight is 218 g/mol. The monoisotopic (exact) mass is 218 g/mol. The van der Waals surface area contributed by atoms with Gasteiger partial charge in [0, 0.05) is 12.1 Å². The first kappa shape index (κ1) is 11.7. The molecule has 0 aliphatic carbocycles. The summed E-state index contributed by atoms with van der Waals surface area (Å²) in [6, 6.07) is 8.05. The number of benzene rings is 1. The summed E-state index contributed by atoms with van der Waals surface area (Å²) in [7, 11) is 0. The Hall–Kier alpha value is -2.35. The second kappa shape index (κ2) is 5.51. The average Bonchev–Trinajstić information content (AvgIpc) is 2.28. The van der Waals surface area contributed by atoms with E-state index < -0.39 is 5.97 Å². The molecule has 0 heterocycles. The summed E-state index contributed by atoms with van der Waals surface area (Å²) in [6.45, 7) is 0.0914. The van der Waals surface area contributed by atoms with Crippen LogP contribution in [0.15, 0.2) is 24.3 Å². The first-order chi connectivity index (χ1) is 7.63. The highest BCUT2D eigenvalue weighted by molar-refractivity contribution is 5.94. The number of nitriles is 1. The number of hydrogen-bond donors (Lipinski definition) is 2. The number of carbonyl (C=O) groups is 2. The third-order valence-electron chi connectivity index (χ3n) is 1.90. The Balaban J connectivity index is 2.53.